The predicted octanol–water partition coefficient (Wildman–Crippen LogP) is 8.84. The Kier molecular flexibility index (Phi) is 11.5. The molecule has 0 aliphatic heterocycles. The van der Waals surface area contributed by atoms with E-state index < -0.39 is 0 Å². The third-order valence-corrected chi connectivity index (χ3v) is 7.78. The Balaban J connectivity index is 1.45. The summed E-state index contributed by atoms with van der Waals surface area (Å²) in [5.41, 5.74) is 2.97. The highest BCUT2D eigenvalue weighted by molar-refractivity contribution is 5.75. The molecule has 1 fully saturated rings. The molecule has 2 aromatic rings. The SMILES string of the molecule is CCCCCCCC[C@]1(C#N)CC[C@H](C(=O)Oc2ccc(-c3ccc(CCCCC)cn3)cc2)CC1. The van der Waals surface area contributed by atoms with Gasteiger partial charge in [0.2, 0.25) is 0 Å². The van der Waals surface area contributed by atoms with Gasteiger partial charge in [0, 0.05) is 11.8 Å². The quantitative estimate of drug-likeness (QED) is 0.151. The number of carbonyl (C=O) groups excluding carboxylic acids is 1. The molecule has 194 valence electrons. The molecular weight excluding hydrogens is 444 g/mol. The molecule has 1 aromatic carbocycles. The first-order valence-electron chi connectivity index (χ1n) is 14.3. The fraction of sp³-hybridized carbons (Fsp3) is 0.594. The zero-order chi connectivity index (χ0) is 25.6. The maximum absolute atomic E-state index is 12.8. The number of rotatable bonds is 14. The van der Waals surface area contributed by atoms with Gasteiger partial charge in [-0.2, -0.15) is 5.26 Å². The number of carbonyl (C=O) groups is 1. The summed E-state index contributed by atoms with van der Waals surface area (Å²) in [6, 6.07) is 14.5. The van der Waals surface area contributed by atoms with Gasteiger partial charge in [-0.05, 0) is 80.8 Å². The number of hydrogen-bond acceptors (Lipinski definition) is 4. The van der Waals surface area contributed by atoms with Crippen molar-refractivity contribution in [2.45, 2.75) is 110 Å². The second-order valence-corrected chi connectivity index (χ2v) is 10.6. The van der Waals surface area contributed by atoms with Crippen LogP contribution < -0.4 is 4.74 Å². The van der Waals surface area contributed by atoms with Crippen molar-refractivity contribution in [2.24, 2.45) is 11.3 Å². The van der Waals surface area contributed by atoms with E-state index in [-0.39, 0.29) is 17.3 Å². The summed E-state index contributed by atoms with van der Waals surface area (Å²) >= 11 is 0. The number of hydrogen-bond donors (Lipinski definition) is 0. The minimum Gasteiger partial charge on any atom is -0.426 e. The number of aryl methyl sites for hydroxylation is 1. The number of benzene rings is 1. The van der Waals surface area contributed by atoms with Crippen LogP contribution in [0, 0.1) is 22.7 Å². The number of nitrogens with zero attached hydrogens (tertiary/aromatic N) is 2. The molecule has 0 saturated heterocycles. The number of unbranched alkanes of at least 4 members (excludes halogenated alkanes) is 7. The average Bonchev–Trinajstić information content (AvgIpc) is 2.92. The standard InChI is InChI=1S/C32H44N2O2/c1-3-5-7-8-9-11-21-32(25-33)22-19-28(20-23-32)31(35)36-29-16-14-27(15-17-29)30-18-13-26(24-34-30)12-10-6-4-2/h13-18,24,28H,3-12,19-23H2,1-2H3/t28-,32-. The Hall–Kier alpha value is -2.67. The maximum atomic E-state index is 12.8. The van der Waals surface area contributed by atoms with Crippen molar-refractivity contribution >= 4 is 5.97 Å². The summed E-state index contributed by atoms with van der Waals surface area (Å²) in [5, 5.41) is 9.85. The van der Waals surface area contributed by atoms with E-state index in [0.29, 0.717) is 5.75 Å². The zero-order valence-electron chi connectivity index (χ0n) is 22.4. The topological polar surface area (TPSA) is 63.0 Å². The van der Waals surface area contributed by atoms with Crippen LogP contribution in [0.1, 0.15) is 109 Å². The van der Waals surface area contributed by atoms with Crippen LogP contribution in [-0.2, 0) is 11.2 Å². The first kappa shape index (κ1) is 27.9. The molecule has 3 rings (SSSR count). The normalized spacial score (nSPS) is 19.5. The van der Waals surface area contributed by atoms with Gasteiger partial charge < -0.3 is 4.74 Å². The molecule has 0 N–H and O–H groups in total. The molecule has 1 saturated carbocycles. The molecule has 1 aromatic heterocycles. The van der Waals surface area contributed by atoms with Crippen LogP contribution in [0.4, 0.5) is 0 Å². The minimum atomic E-state index is -0.248. The Morgan fingerprint density at radius 2 is 1.61 bits per heavy atom. The molecule has 1 heterocycles. The Morgan fingerprint density at radius 3 is 2.25 bits per heavy atom. The number of aromatic nitrogens is 1. The summed E-state index contributed by atoms with van der Waals surface area (Å²) in [5.74, 6) is 0.296. The molecule has 0 amide bonds. The lowest BCUT2D eigenvalue weighted by Crippen LogP contribution is -2.31. The van der Waals surface area contributed by atoms with Crippen LogP contribution in [0.3, 0.4) is 0 Å². The Bertz CT molecular complexity index is 951. The largest absolute Gasteiger partial charge is 0.426 e. The van der Waals surface area contributed by atoms with Crippen molar-refractivity contribution < 1.29 is 9.53 Å². The van der Waals surface area contributed by atoms with Crippen molar-refractivity contribution in [2.75, 3.05) is 0 Å². The fourth-order valence-electron chi connectivity index (χ4n) is 5.28. The summed E-state index contributed by atoms with van der Waals surface area (Å²) in [4.78, 5) is 17.4. The lowest BCUT2D eigenvalue weighted by atomic mass is 9.69. The highest BCUT2D eigenvalue weighted by Crippen LogP contribution is 2.43. The number of ether oxygens (including phenoxy) is 1. The second kappa shape index (κ2) is 14.8. The van der Waals surface area contributed by atoms with Gasteiger partial charge in [-0.25, -0.2) is 0 Å². The maximum Gasteiger partial charge on any atom is 0.314 e. The fourth-order valence-corrected chi connectivity index (χ4v) is 5.28. The third-order valence-electron chi connectivity index (χ3n) is 7.78. The van der Waals surface area contributed by atoms with Crippen LogP contribution >= 0.6 is 0 Å². The lowest BCUT2D eigenvalue weighted by molar-refractivity contribution is -0.140. The Morgan fingerprint density at radius 1 is 0.944 bits per heavy atom. The zero-order valence-corrected chi connectivity index (χ0v) is 22.4. The van der Waals surface area contributed by atoms with Gasteiger partial charge in [-0.3, -0.25) is 9.78 Å². The molecule has 0 bridgehead atoms. The molecule has 0 unspecified atom stereocenters. The van der Waals surface area contributed by atoms with Crippen LogP contribution in [0.2, 0.25) is 0 Å². The molecule has 1 aliphatic rings. The Labute approximate surface area is 218 Å². The van der Waals surface area contributed by atoms with E-state index in [9.17, 15) is 10.1 Å². The minimum absolute atomic E-state index is 0.113. The van der Waals surface area contributed by atoms with Crippen LogP contribution in [0.5, 0.6) is 5.75 Å². The average molecular weight is 489 g/mol. The van der Waals surface area contributed by atoms with Crippen LogP contribution in [0.25, 0.3) is 11.3 Å². The van der Waals surface area contributed by atoms with Crippen molar-refractivity contribution in [3.63, 3.8) is 0 Å². The van der Waals surface area contributed by atoms with Crippen LogP contribution in [-0.4, -0.2) is 11.0 Å². The van der Waals surface area contributed by atoms with Gasteiger partial charge >= 0.3 is 5.97 Å². The van der Waals surface area contributed by atoms with Gasteiger partial charge in [0.1, 0.15) is 5.75 Å². The molecule has 1 aliphatic carbocycles. The molecule has 4 heteroatoms. The number of nitriles is 1. The number of pyridine rings is 1. The van der Waals surface area contributed by atoms with E-state index in [4.69, 9.17) is 4.74 Å². The lowest BCUT2D eigenvalue weighted by Gasteiger charge is -2.34. The molecular formula is C32H44N2O2. The summed E-state index contributed by atoms with van der Waals surface area (Å²) < 4.78 is 5.71. The molecule has 36 heavy (non-hydrogen) atoms. The van der Waals surface area contributed by atoms with Crippen molar-refractivity contribution in [1.29, 1.82) is 5.26 Å². The van der Waals surface area contributed by atoms with Gasteiger partial charge in [0.25, 0.3) is 0 Å². The second-order valence-electron chi connectivity index (χ2n) is 10.6. The van der Waals surface area contributed by atoms with Gasteiger partial charge in [0.15, 0.2) is 0 Å². The van der Waals surface area contributed by atoms with E-state index in [1.54, 1.807) is 0 Å². The van der Waals surface area contributed by atoms with Crippen molar-refractivity contribution in [1.82, 2.24) is 4.98 Å². The first-order valence-corrected chi connectivity index (χ1v) is 14.3. The van der Waals surface area contributed by atoms with Crippen LogP contribution in [0.15, 0.2) is 42.6 Å². The highest BCUT2D eigenvalue weighted by atomic mass is 16.5. The van der Waals surface area contributed by atoms with Gasteiger partial charge in [-0.15, -0.1) is 0 Å². The van der Waals surface area contributed by atoms with E-state index in [1.807, 2.05) is 30.5 Å². The van der Waals surface area contributed by atoms with Gasteiger partial charge in [-0.1, -0.05) is 71.3 Å². The third kappa shape index (κ3) is 8.47. The van der Waals surface area contributed by atoms with Crippen molar-refractivity contribution in [3.8, 4) is 23.1 Å². The van der Waals surface area contributed by atoms with Crippen molar-refractivity contribution in [3.05, 3.63) is 48.2 Å². The highest BCUT2D eigenvalue weighted by Gasteiger charge is 2.37. The monoisotopic (exact) mass is 488 g/mol. The van der Waals surface area contributed by atoms with E-state index in [1.165, 1.54) is 56.9 Å². The van der Waals surface area contributed by atoms with E-state index in [0.717, 1.165) is 56.2 Å². The summed E-state index contributed by atoms with van der Waals surface area (Å²) in [6.45, 7) is 4.45. The number of esters is 1. The van der Waals surface area contributed by atoms with Gasteiger partial charge in [0.05, 0.1) is 23.1 Å². The van der Waals surface area contributed by atoms with E-state index >= 15 is 0 Å². The molecule has 0 atom stereocenters. The first-order chi connectivity index (χ1) is 17.6. The summed E-state index contributed by atoms with van der Waals surface area (Å²) in [7, 11) is 0. The summed E-state index contributed by atoms with van der Waals surface area (Å²) in [6.07, 6.45) is 18.2. The van der Waals surface area contributed by atoms with E-state index in [2.05, 4.69) is 37.0 Å². The molecule has 0 radical (unpaired) electrons. The predicted molar refractivity (Wildman–Crippen MR) is 147 cm³/mol. The molecule has 4 nitrogen and oxygen atoms in total. The molecule has 0 spiro atoms. The smallest absolute Gasteiger partial charge is 0.314 e.